The highest BCUT2D eigenvalue weighted by molar-refractivity contribution is 6.14. The summed E-state index contributed by atoms with van der Waals surface area (Å²) in [6.45, 7) is 4.43. The fraction of sp³-hybridized carbons (Fsp3) is 0.333. The van der Waals surface area contributed by atoms with Crippen LogP contribution in [0, 0.1) is 6.92 Å². The molecule has 0 atom stereocenters. The van der Waals surface area contributed by atoms with Gasteiger partial charge in [-0.25, -0.2) is 4.98 Å². The van der Waals surface area contributed by atoms with Gasteiger partial charge in [0, 0.05) is 41.5 Å². The molecule has 3 heterocycles. The van der Waals surface area contributed by atoms with Crippen LogP contribution in [0.3, 0.4) is 0 Å². The molecule has 1 N–H and O–H groups in total. The number of likely N-dealkylation sites (N-methyl/N-ethyl adjacent to an activating group) is 1. The predicted molar refractivity (Wildman–Crippen MR) is 91.7 cm³/mol. The van der Waals surface area contributed by atoms with Gasteiger partial charge >= 0.3 is 0 Å². The first-order chi connectivity index (χ1) is 11.1. The first kappa shape index (κ1) is 14.2. The Hall–Kier alpha value is -2.40. The second-order valence-electron chi connectivity index (χ2n) is 6.40. The monoisotopic (exact) mass is 308 g/mol. The molecule has 0 spiro atoms. The van der Waals surface area contributed by atoms with Crippen molar-refractivity contribution in [2.75, 3.05) is 20.6 Å². The lowest BCUT2D eigenvalue weighted by Crippen LogP contribution is -2.18. The zero-order valence-corrected chi connectivity index (χ0v) is 13.7. The molecule has 1 amide bonds. The maximum absolute atomic E-state index is 12.0. The van der Waals surface area contributed by atoms with E-state index in [9.17, 15) is 4.79 Å². The third-order valence-electron chi connectivity index (χ3n) is 4.59. The Kier molecular flexibility index (Phi) is 3.13. The van der Waals surface area contributed by atoms with Gasteiger partial charge in [0.15, 0.2) is 0 Å². The molecule has 23 heavy (non-hydrogen) atoms. The number of aryl methyl sites for hydroxylation is 1. The molecule has 1 aliphatic rings. The zero-order chi connectivity index (χ0) is 16.1. The summed E-state index contributed by atoms with van der Waals surface area (Å²) in [5, 5.41) is 5.30. The van der Waals surface area contributed by atoms with Crippen molar-refractivity contribution in [3.05, 3.63) is 41.2 Å². The number of nitrogens with zero attached hydrogens (tertiary/aromatic N) is 3. The predicted octanol–water partition coefficient (Wildman–Crippen LogP) is 2.30. The fourth-order valence-electron chi connectivity index (χ4n) is 3.54. The highest BCUT2D eigenvalue weighted by Gasteiger charge is 2.27. The lowest BCUT2D eigenvalue weighted by molar-refractivity contribution is 0.0961. The summed E-state index contributed by atoms with van der Waals surface area (Å²) < 4.78 is 2.34. The lowest BCUT2D eigenvalue weighted by Gasteiger charge is -2.13. The number of hydrogen-bond donors (Lipinski definition) is 1. The van der Waals surface area contributed by atoms with Crippen LogP contribution < -0.4 is 5.32 Å². The molecule has 118 valence electrons. The summed E-state index contributed by atoms with van der Waals surface area (Å²) in [7, 11) is 4.17. The molecular formula is C18H20N4O. The molecule has 0 saturated carbocycles. The number of para-hydroxylation sites is 1. The number of carbonyl (C=O) groups excluding carboxylic acids is 1. The molecule has 5 nitrogen and oxygen atoms in total. The van der Waals surface area contributed by atoms with Crippen LogP contribution in [0.5, 0.6) is 0 Å². The maximum Gasteiger partial charge on any atom is 0.270 e. The van der Waals surface area contributed by atoms with Gasteiger partial charge in [-0.1, -0.05) is 18.2 Å². The summed E-state index contributed by atoms with van der Waals surface area (Å²) in [6.07, 6.45) is 0. The molecule has 3 aromatic rings. The second-order valence-corrected chi connectivity index (χ2v) is 6.40. The van der Waals surface area contributed by atoms with E-state index in [2.05, 4.69) is 58.1 Å². The number of rotatable bonds is 3. The Morgan fingerprint density at radius 1 is 1.30 bits per heavy atom. The van der Waals surface area contributed by atoms with Crippen LogP contribution in [0.1, 0.15) is 21.7 Å². The van der Waals surface area contributed by atoms with Crippen LogP contribution in [0.4, 0.5) is 0 Å². The van der Waals surface area contributed by atoms with Crippen LogP contribution in [0.15, 0.2) is 24.3 Å². The van der Waals surface area contributed by atoms with Crippen LogP contribution >= 0.6 is 0 Å². The van der Waals surface area contributed by atoms with Gasteiger partial charge in [-0.15, -0.1) is 0 Å². The number of carbonyl (C=O) groups is 1. The molecular weight excluding hydrogens is 288 g/mol. The van der Waals surface area contributed by atoms with Crippen LogP contribution in [-0.2, 0) is 13.1 Å². The van der Waals surface area contributed by atoms with Gasteiger partial charge in [-0.3, -0.25) is 4.79 Å². The van der Waals surface area contributed by atoms with Crippen molar-refractivity contribution >= 4 is 27.7 Å². The fourth-order valence-corrected chi connectivity index (χ4v) is 3.54. The maximum atomic E-state index is 12.0. The molecule has 0 fully saturated rings. The van der Waals surface area contributed by atoms with E-state index < -0.39 is 0 Å². The van der Waals surface area contributed by atoms with Gasteiger partial charge in [0.2, 0.25) is 0 Å². The SMILES string of the molecule is Cc1nc2c(c3c4ccccc4n(CCN(C)C)c13)CNC2=O. The molecule has 2 aromatic heterocycles. The standard InChI is InChI=1S/C18H20N4O/c1-11-17-15(13-10-19-18(23)16(13)20-11)12-6-4-5-7-14(12)22(17)9-8-21(2)3/h4-7H,8-10H2,1-3H3,(H,19,23). The van der Waals surface area contributed by atoms with Crippen molar-refractivity contribution in [3.8, 4) is 0 Å². The van der Waals surface area contributed by atoms with Crippen LogP contribution in [0.25, 0.3) is 21.8 Å². The van der Waals surface area contributed by atoms with Gasteiger partial charge in [0.1, 0.15) is 5.69 Å². The molecule has 0 aliphatic carbocycles. The smallest absolute Gasteiger partial charge is 0.270 e. The third kappa shape index (κ3) is 2.04. The highest BCUT2D eigenvalue weighted by Crippen LogP contribution is 2.35. The molecule has 0 saturated heterocycles. The van der Waals surface area contributed by atoms with Crippen molar-refractivity contribution in [3.63, 3.8) is 0 Å². The Bertz CT molecular complexity index is 939. The number of hydrogen-bond acceptors (Lipinski definition) is 3. The topological polar surface area (TPSA) is 50.2 Å². The van der Waals surface area contributed by atoms with Gasteiger partial charge < -0.3 is 14.8 Å². The van der Waals surface area contributed by atoms with E-state index in [0.29, 0.717) is 12.2 Å². The van der Waals surface area contributed by atoms with Gasteiger partial charge in [-0.2, -0.15) is 0 Å². The van der Waals surface area contributed by atoms with E-state index in [1.165, 1.54) is 16.3 Å². The van der Waals surface area contributed by atoms with Gasteiger partial charge in [0.05, 0.1) is 11.2 Å². The summed E-state index contributed by atoms with van der Waals surface area (Å²) in [6, 6.07) is 8.43. The minimum Gasteiger partial charge on any atom is -0.347 e. The molecule has 0 bridgehead atoms. The molecule has 1 aliphatic heterocycles. The number of nitrogens with one attached hydrogen (secondary N) is 1. The molecule has 1 aromatic carbocycles. The third-order valence-corrected chi connectivity index (χ3v) is 4.59. The Balaban J connectivity index is 2.10. The average Bonchev–Trinajstić information content (AvgIpc) is 3.05. The summed E-state index contributed by atoms with van der Waals surface area (Å²) >= 11 is 0. The number of pyridine rings is 1. The minimum absolute atomic E-state index is 0.0601. The number of benzene rings is 1. The van der Waals surface area contributed by atoms with Gasteiger partial charge in [0.25, 0.3) is 5.91 Å². The van der Waals surface area contributed by atoms with E-state index in [0.717, 1.165) is 29.9 Å². The molecule has 0 unspecified atom stereocenters. The van der Waals surface area contributed by atoms with E-state index in [4.69, 9.17) is 0 Å². The zero-order valence-electron chi connectivity index (χ0n) is 13.7. The van der Waals surface area contributed by atoms with Crippen molar-refractivity contribution in [1.82, 2.24) is 19.8 Å². The lowest BCUT2D eigenvalue weighted by atomic mass is 10.1. The minimum atomic E-state index is -0.0601. The first-order valence-electron chi connectivity index (χ1n) is 7.91. The molecule has 5 heteroatoms. The normalized spacial score (nSPS) is 14.0. The summed E-state index contributed by atoms with van der Waals surface area (Å²) in [5.74, 6) is -0.0601. The Morgan fingerprint density at radius 2 is 2.09 bits per heavy atom. The largest absolute Gasteiger partial charge is 0.347 e. The number of amides is 1. The Morgan fingerprint density at radius 3 is 2.87 bits per heavy atom. The van der Waals surface area contributed by atoms with Crippen molar-refractivity contribution in [2.24, 2.45) is 0 Å². The quantitative estimate of drug-likeness (QED) is 0.808. The summed E-state index contributed by atoms with van der Waals surface area (Å²) in [4.78, 5) is 18.8. The molecule has 0 radical (unpaired) electrons. The van der Waals surface area contributed by atoms with E-state index in [1.54, 1.807) is 0 Å². The van der Waals surface area contributed by atoms with Crippen molar-refractivity contribution < 1.29 is 4.79 Å². The van der Waals surface area contributed by atoms with Gasteiger partial charge in [-0.05, 0) is 27.1 Å². The highest BCUT2D eigenvalue weighted by atomic mass is 16.2. The average molecular weight is 308 g/mol. The second kappa shape index (κ2) is 5.06. The van der Waals surface area contributed by atoms with E-state index in [1.807, 2.05) is 6.92 Å². The van der Waals surface area contributed by atoms with Crippen molar-refractivity contribution in [2.45, 2.75) is 20.0 Å². The molecule has 4 rings (SSSR count). The first-order valence-corrected chi connectivity index (χ1v) is 7.91. The number of aromatic nitrogens is 2. The van der Waals surface area contributed by atoms with Crippen LogP contribution in [-0.4, -0.2) is 41.0 Å². The van der Waals surface area contributed by atoms with E-state index in [-0.39, 0.29) is 5.91 Å². The number of fused-ring (bicyclic) bond motifs is 5. The van der Waals surface area contributed by atoms with Crippen LogP contribution in [0.2, 0.25) is 0 Å². The Labute approximate surface area is 134 Å². The summed E-state index contributed by atoms with van der Waals surface area (Å²) in [5.41, 5.74) is 4.91. The van der Waals surface area contributed by atoms with E-state index >= 15 is 0 Å². The van der Waals surface area contributed by atoms with Crippen molar-refractivity contribution in [1.29, 1.82) is 0 Å².